The third-order valence-electron chi connectivity index (χ3n) is 3.09. The Kier molecular flexibility index (Phi) is 6.08. The van der Waals surface area contributed by atoms with E-state index in [9.17, 15) is 18.8 Å². The van der Waals surface area contributed by atoms with Crippen molar-refractivity contribution in [3.63, 3.8) is 0 Å². The summed E-state index contributed by atoms with van der Waals surface area (Å²) in [6.07, 6.45) is 0. The van der Waals surface area contributed by atoms with Crippen LogP contribution in [0, 0.1) is 5.82 Å². The number of halogens is 2. The molecule has 0 aliphatic heterocycles. The van der Waals surface area contributed by atoms with Gasteiger partial charge in [0.05, 0.1) is 22.8 Å². The van der Waals surface area contributed by atoms with E-state index >= 15 is 0 Å². The van der Waals surface area contributed by atoms with Gasteiger partial charge in [-0.15, -0.1) is 0 Å². The first-order valence-electron chi connectivity index (χ1n) is 7.26. The van der Waals surface area contributed by atoms with Crippen LogP contribution in [0.2, 0.25) is 5.02 Å². The molecule has 0 aromatic heterocycles. The van der Waals surface area contributed by atoms with Crippen LogP contribution in [0.3, 0.4) is 0 Å². The lowest BCUT2D eigenvalue weighted by atomic mass is 10.2. The molecular formula is C17H15ClFN3O3. The predicted molar refractivity (Wildman–Crippen MR) is 93.1 cm³/mol. The number of hydrogen-bond donors (Lipinski definition) is 3. The van der Waals surface area contributed by atoms with Crippen LogP contribution in [0.5, 0.6) is 0 Å². The normalized spacial score (nSPS) is 10.0. The van der Waals surface area contributed by atoms with Gasteiger partial charge in [0.2, 0.25) is 11.8 Å². The van der Waals surface area contributed by atoms with Crippen LogP contribution >= 0.6 is 11.6 Å². The summed E-state index contributed by atoms with van der Waals surface area (Å²) < 4.78 is 13.8. The van der Waals surface area contributed by atoms with Gasteiger partial charge in [-0.2, -0.15) is 0 Å². The largest absolute Gasteiger partial charge is 0.343 e. The first kappa shape index (κ1) is 18.4. The number of hydrogen-bond acceptors (Lipinski definition) is 3. The number of carbonyl (C=O) groups excluding carboxylic acids is 3. The summed E-state index contributed by atoms with van der Waals surface area (Å²) in [5.74, 6) is -2.14. The minimum Gasteiger partial charge on any atom is -0.343 e. The molecule has 3 amide bonds. The van der Waals surface area contributed by atoms with Crippen molar-refractivity contribution in [2.45, 2.75) is 6.92 Å². The molecule has 0 fully saturated rings. The van der Waals surface area contributed by atoms with E-state index in [1.807, 2.05) is 0 Å². The smallest absolute Gasteiger partial charge is 0.253 e. The van der Waals surface area contributed by atoms with Crippen molar-refractivity contribution < 1.29 is 18.8 Å². The summed E-state index contributed by atoms with van der Waals surface area (Å²) in [4.78, 5) is 34.9. The van der Waals surface area contributed by atoms with Crippen LogP contribution in [0.1, 0.15) is 17.3 Å². The number of carbonyl (C=O) groups is 3. The molecule has 0 spiro atoms. The molecule has 0 atom stereocenters. The molecule has 0 heterocycles. The van der Waals surface area contributed by atoms with E-state index in [-0.39, 0.29) is 28.7 Å². The molecule has 130 valence electrons. The van der Waals surface area contributed by atoms with E-state index in [1.165, 1.54) is 25.1 Å². The van der Waals surface area contributed by atoms with E-state index in [4.69, 9.17) is 11.6 Å². The summed E-state index contributed by atoms with van der Waals surface area (Å²) >= 11 is 5.90. The van der Waals surface area contributed by atoms with Crippen molar-refractivity contribution in [2.75, 3.05) is 17.2 Å². The monoisotopic (exact) mass is 363 g/mol. The molecule has 6 nitrogen and oxygen atoms in total. The van der Waals surface area contributed by atoms with Gasteiger partial charge in [0.1, 0.15) is 5.82 Å². The standard InChI is InChI=1S/C17H15ClFN3O3/c1-10(23)21-11-6-7-14(19)15(8-11)22-16(24)9-20-17(25)12-4-2-3-5-13(12)18/h2-8H,9H2,1H3,(H,20,25)(H,21,23)(H,22,24). The van der Waals surface area contributed by atoms with Gasteiger partial charge in [0.25, 0.3) is 5.91 Å². The molecule has 3 N–H and O–H groups in total. The zero-order valence-corrected chi connectivity index (χ0v) is 14.0. The van der Waals surface area contributed by atoms with Gasteiger partial charge < -0.3 is 16.0 Å². The molecule has 0 unspecified atom stereocenters. The Bertz CT molecular complexity index is 827. The average molecular weight is 364 g/mol. The van der Waals surface area contributed by atoms with Crippen molar-refractivity contribution >= 4 is 40.7 Å². The molecule has 0 aliphatic carbocycles. The Labute approximate surface area is 148 Å². The summed E-state index contributed by atoms with van der Waals surface area (Å²) in [7, 11) is 0. The van der Waals surface area contributed by atoms with Crippen LogP contribution in [-0.2, 0) is 9.59 Å². The Hall–Kier alpha value is -2.93. The molecule has 0 aliphatic rings. The quantitative estimate of drug-likeness (QED) is 0.763. The highest BCUT2D eigenvalue weighted by atomic mass is 35.5. The van der Waals surface area contributed by atoms with Crippen LogP contribution in [0.4, 0.5) is 15.8 Å². The van der Waals surface area contributed by atoms with Crippen LogP contribution in [0.15, 0.2) is 42.5 Å². The van der Waals surface area contributed by atoms with Crippen LogP contribution < -0.4 is 16.0 Å². The van der Waals surface area contributed by atoms with Gasteiger partial charge in [0.15, 0.2) is 0 Å². The first-order valence-corrected chi connectivity index (χ1v) is 7.64. The topological polar surface area (TPSA) is 87.3 Å². The fourth-order valence-corrected chi connectivity index (χ4v) is 2.22. The van der Waals surface area contributed by atoms with E-state index < -0.39 is 17.6 Å². The SMILES string of the molecule is CC(=O)Nc1ccc(F)c(NC(=O)CNC(=O)c2ccccc2Cl)c1. The molecular weight excluding hydrogens is 349 g/mol. The molecule has 0 bridgehead atoms. The third kappa shape index (κ3) is 5.29. The predicted octanol–water partition coefficient (Wildman–Crippen LogP) is 2.81. The highest BCUT2D eigenvalue weighted by Gasteiger charge is 2.13. The maximum atomic E-state index is 13.8. The van der Waals surface area contributed by atoms with Crippen molar-refractivity contribution in [2.24, 2.45) is 0 Å². The first-order chi connectivity index (χ1) is 11.9. The second-order valence-electron chi connectivity index (χ2n) is 5.09. The molecule has 2 rings (SSSR count). The molecule has 8 heteroatoms. The Balaban J connectivity index is 1.97. The van der Waals surface area contributed by atoms with Crippen molar-refractivity contribution in [3.8, 4) is 0 Å². The maximum absolute atomic E-state index is 13.8. The average Bonchev–Trinajstić information content (AvgIpc) is 2.55. The number of amides is 3. The van der Waals surface area contributed by atoms with Crippen molar-refractivity contribution in [1.82, 2.24) is 5.32 Å². The Morgan fingerprint density at radius 3 is 2.48 bits per heavy atom. The van der Waals surface area contributed by atoms with Crippen molar-refractivity contribution in [3.05, 3.63) is 58.9 Å². The Morgan fingerprint density at radius 1 is 1.08 bits per heavy atom. The van der Waals surface area contributed by atoms with E-state index in [0.29, 0.717) is 5.69 Å². The second-order valence-corrected chi connectivity index (χ2v) is 5.49. The molecule has 0 radical (unpaired) electrons. The summed E-state index contributed by atoms with van der Waals surface area (Å²) in [6.45, 7) is 0.944. The lowest BCUT2D eigenvalue weighted by Gasteiger charge is -2.10. The molecule has 25 heavy (non-hydrogen) atoms. The second kappa shape index (κ2) is 8.25. The van der Waals surface area contributed by atoms with Gasteiger partial charge in [-0.25, -0.2) is 4.39 Å². The lowest BCUT2D eigenvalue weighted by Crippen LogP contribution is -2.33. The summed E-state index contributed by atoms with van der Waals surface area (Å²) in [6, 6.07) is 10.2. The fraction of sp³-hybridized carbons (Fsp3) is 0.118. The molecule has 0 saturated carbocycles. The van der Waals surface area contributed by atoms with E-state index in [2.05, 4.69) is 16.0 Å². The van der Waals surface area contributed by atoms with Gasteiger partial charge in [-0.3, -0.25) is 14.4 Å². The number of anilines is 2. The van der Waals surface area contributed by atoms with E-state index in [0.717, 1.165) is 6.07 Å². The minimum atomic E-state index is -0.667. The molecule has 0 saturated heterocycles. The number of benzene rings is 2. The molecule has 2 aromatic carbocycles. The van der Waals surface area contributed by atoms with Gasteiger partial charge in [-0.05, 0) is 30.3 Å². The minimum absolute atomic E-state index is 0.108. The van der Waals surface area contributed by atoms with Gasteiger partial charge >= 0.3 is 0 Å². The third-order valence-corrected chi connectivity index (χ3v) is 3.42. The lowest BCUT2D eigenvalue weighted by molar-refractivity contribution is -0.115. The number of rotatable bonds is 5. The zero-order chi connectivity index (χ0) is 18.4. The van der Waals surface area contributed by atoms with Crippen molar-refractivity contribution in [1.29, 1.82) is 0 Å². The highest BCUT2D eigenvalue weighted by Crippen LogP contribution is 2.19. The van der Waals surface area contributed by atoms with Gasteiger partial charge in [-0.1, -0.05) is 23.7 Å². The Morgan fingerprint density at radius 2 is 1.80 bits per heavy atom. The number of nitrogens with one attached hydrogen (secondary N) is 3. The van der Waals surface area contributed by atoms with Gasteiger partial charge in [0, 0.05) is 12.6 Å². The van der Waals surface area contributed by atoms with Crippen LogP contribution in [-0.4, -0.2) is 24.3 Å². The highest BCUT2D eigenvalue weighted by molar-refractivity contribution is 6.33. The summed E-state index contributed by atoms with van der Waals surface area (Å²) in [5.41, 5.74) is 0.461. The van der Waals surface area contributed by atoms with Crippen LogP contribution in [0.25, 0.3) is 0 Å². The zero-order valence-electron chi connectivity index (χ0n) is 13.2. The fourth-order valence-electron chi connectivity index (χ4n) is 2.00. The summed E-state index contributed by atoms with van der Waals surface area (Å²) in [5, 5.41) is 7.47. The maximum Gasteiger partial charge on any atom is 0.253 e. The van der Waals surface area contributed by atoms with E-state index in [1.54, 1.807) is 18.2 Å². The molecule has 2 aromatic rings.